The molecule has 0 saturated carbocycles. The largest absolute Gasteiger partial charge is 0.573 e. The van der Waals surface area contributed by atoms with Crippen molar-refractivity contribution in [1.82, 2.24) is 15.3 Å². The maximum atomic E-state index is 12.7. The summed E-state index contributed by atoms with van der Waals surface area (Å²) in [5.74, 6) is -1.66. The Morgan fingerprint density at radius 1 is 1.12 bits per heavy atom. The lowest BCUT2D eigenvalue weighted by molar-refractivity contribution is -0.274. The Morgan fingerprint density at radius 2 is 1.91 bits per heavy atom. The van der Waals surface area contributed by atoms with Crippen LogP contribution in [0.1, 0.15) is 20.3 Å². The number of aromatic nitrogens is 2. The molecule has 0 unspecified atom stereocenters. The SMILES string of the molecule is O=C(Nc1cccc(OC(F)(F)F)c1)c1csc(C(=O)Nc2cnccc2N2CCNCC2)n1. The van der Waals surface area contributed by atoms with Crippen molar-refractivity contribution in [2.24, 2.45) is 0 Å². The number of carbonyl (C=O) groups is 2. The van der Waals surface area contributed by atoms with E-state index in [0.29, 0.717) is 5.69 Å². The van der Waals surface area contributed by atoms with Crippen molar-refractivity contribution < 1.29 is 27.5 Å². The third kappa shape index (κ3) is 5.99. The van der Waals surface area contributed by atoms with Gasteiger partial charge in [-0.1, -0.05) is 6.07 Å². The van der Waals surface area contributed by atoms with Gasteiger partial charge in [0.15, 0.2) is 5.01 Å². The molecule has 34 heavy (non-hydrogen) atoms. The Hall–Kier alpha value is -3.71. The van der Waals surface area contributed by atoms with Crippen molar-refractivity contribution in [2.45, 2.75) is 6.36 Å². The highest BCUT2D eigenvalue weighted by Crippen LogP contribution is 2.27. The fraction of sp³-hybridized carbons (Fsp3) is 0.238. The summed E-state index contributed by atoms with van der Waals surface area (Å²) in [5, 5.41) is 9.93. The molecule has 178 valence electrons. The van der Waals surface area contributed by atoms with Gasteiger partial charge < -0.3 is 25.6 Å². The average Bonchev–Trinajstić information content (AvgIpc) is 3.30. The lowest BCUT2D eigenvalue weighted by Gasteiger charge is -2.30. The number of carbonyl (C=O) groups excluding carboxylic acids is 2. The molecule has 0 aliphatic carbocycles. The van der Waals surface area contributed by atoms with E-state index in [1.54, 1.807) is 12.4 Å². The second-order valence-corrected chi connectivity index (χ2v) is 8.01. The number of ether oxygens (including phenoxy) is 1. The van der Waals surface area contributed by atoms with E-state index >= 15 is 0 Å². The summed E-state index contributed by atoms with van der Waals surface area (Å²) in [6, 6.07) is 6.67. The van der Waals surface area contributed by atoms with Crippen LogP contribution >= 0.6 is 11.3 Å². The van der Waals surface area contributed by atoms with E-state index in [2.05, 4.69) is 35.6 Å². The van der Waals surface area contributed by atoms with Gasteiger partial charge in [-0.05, 0) is 18.2 Å². The van der Waals surface area contributed by atoms with E-state index in [4.69, 9.17) is 0 Å². The number of thiazole rings is 1. The Bertz CT molecular complexity index is 1180. The number of alkyl halides is 3. The highest BCUT2D eigenvalue weighted by Gasteiger charge is 2.31. The number of nitrogens with zero attached hydrogens (tertiary/aromatic N) is 3. The first-order chi connectivity index (χ1) is 16.3. The number of piperazine rings is 1. The number of amides is 2. The van der Waals surface area contributed by atoms with E-state index in [0.717, 1.165) is 55.3 Å². The number of rotatable bonds is 6. The summed E-state index contributed by atoms with van der Waals surface area (Å²) in [6.07, 6.45) is -1.65. The number of halogens is 3. The lowest BCUT2D eigenvalue weighted by atomic mass is 10.2. The van der Waals surface area contributed by atoms with Gasteiger partial charge in [0, 0.05) is 49.5 Å². The molecule has 0 spiro atoms. The minimum Gasteiger partial charge on any atom is -0.406 e. The molecule has 3 N–H and O–H groups in total. The summed E-state index contributed by atoms with van der Waals surface area (Å²) in [7, 11) is 0. The minimum atomic E-state index is -4.85. The molecule has 1 fully saturated rings. The number of benzene rings is 1. The van der Waals surface area contributed by atoms with E-state index in [1.165, 1.54) is 17.5 Å². The zero-order valence-electron chi connectivity index (χ0n) is 17.6. The molecular weight excluding hydrogens is 473 g/mol. The molecule has 2 aromatic heterocycles. The van der Waals surface area contributed by atoms with E-state index in [1.807, 2.05) is 6.07 Å². The van der Waals surface area contributed by atoms with Crippen molar-refractivity contribution in [2.75, 3.05) is 41.7 Å². The Balaban J connectivity index is 1.42. The fourth-order valence-corrected chi connectivity index (χ4v) is 3.98. The third-order valence-corrected chi connectivity index (χ3v) is 5.60. The van der Waals surface area contributed by atoms with Crippen LogP contribution in [0.15, 0.2) is 48.1 Å². The summed E-state index contributed by atoms with van der Waals surface area (Å²) < 4.78 is 41.0. The van der Waals surface area contributed by atoms with Crippen LogP contribution in [0.5, 0.6) is 5.75 Å². The van der Waals surface area contributed by atoms with E-state index in [-0.39, 0.29) is 16.4 Å². The van der Waals surface area contributed by atoms with Crippen molar-refractivity contribution in [1.29, 1.82) is 0 Å². The summed E-state index contributed by atoms with van der Waals surface area (Å²) >= 11 is 0.967. The standard InChI is InChI=1S/C21H19F3N6O3S/c22-21(23,24)33-14-3-1-2-13(10-14)27-18(31)16-12-34-20(29-16)19(32)28-15-11-26-5-4-17(15)30-8-6-25-7-9-30/h1-5,10-12,25H,6-9H2,(H,27,31)(H,28,32). The highest BCUT2D eigenvalue weighted by atomic mass is 32.1. The van der Waals surface area contributed by atoms with Crippen LogP contribution in [-0.4, -0.2) is 54.3 Å². The second kappa shape index (κ2) is 10.1. The van der Waals surface area contributed by atoms with Gasteiger partial charge in [0.25, 0.3) is 11.8 Å². The minimum absolute atomic E-state index is 0.0502. The molecule has 1 aromatic carbocycles. The Morgan fingerprint density at radius 3 is 2.68 bits per heavy atom. The summed E-state index contributed by atoms with van der Waals surface area (Å²) in [4.78, 5) is 35.5. The van der Waals surface area contributed by atoms with Crippen LogP contribution in [0.2, 0.25) is 0 Å². The van der Waals surface area contributed by atoms with Crippen LogP contribution in [0.3, 0.4) is 0 Å². The summed E-state index contributed by atoms with van der Waals surface area (Å²) in [5.41, 5.74) is 1.39. The first kappa shape index (κ1) is 23.4. The first-order valence-corrected chi connectivity index (χ1v) is 11.0. The van der Waals surface area contributed by atoms with Gasteiger partial charge in [0.1, 0.15) is 11.4 Å². The molecule has 2 amide bonds. The molecule has 0 atom stereocenters. The zero-order chi connectivity index (χ0) is 24.1. The van der Waals surface area contributed by atoms with Crippen LogP contribution in [0.4, 0.5) is 30.2 Å². The van der Waals surface area contributed by atoms with E-state index in [9.17, 15) is 22.8 Å². The monoisotopic (exact) mass is 492 g/mol. The molecule has 0 bridgehead atoms. The van der Waals surface area contributed by atoms with Crippen molar-refractivity contribution in [3.63, 3.8) is 0 Å². The van der Waals surface area contributed by atoms with Crippen LogP contribution in [0, 0.1) is 0 Å². The van der Waals surface area contributed by atoms with Crippen LogP contribution < -0.4 is 25.6 Å². The molecule has 0 radical (unpaired) electrons. The Kier molecular flexibility index (Phi) is 6.93. The number of pyridine rings is 1. The topological polar surface area (TPSA) is 108 Å². The number of nitrogens with one attached hydrogen (secondary N) is 3. The van der Waals surface area contributed by atoms with Crippen molar-refractivity contribution >= 4 is 40.2 Å². The molecule has 3 aromatic rings. The lowest BCUT2D eigenvalue weighted by Crippen LogP contribution is -2.43. The second-order valence-electron chi connectivity index (χ2n) is 7.15. The molecule has 3 heterocycles. The number of hydrogen-bond acceptors (Lipinski definition) is 8. The maximum Gasteiger partial charge on any atom is 0.573 e. The average molecular weight is 492 g/mol. The predicted molar refractivity (Wildman–Crippen MR) is 120 cm³/mol. The van der Waals surface area contributed by atoms with Gasteiger partial charge in [0.2, 0.25) is 0 Å². The normalized spacial score (nSPS) is 13.9. The van der Waals surface area contributed by atoms with E-state index < -0.39 is 23.9 Å². The highest BCUT2D eigenvalue weighted by molar-refractivity contribution is 7.12. The van der Waals surface area contributed by atoms with Crippen LogP contribution in [0.25, 0.3) is 0 Å². The summed E-state index contributed by atoms with van der Waals surface area (Å²) in [6.45, 7) is 3.21. The first-order valence-electron chi connectivity index (χ1n) is 10.1. The molecule has 4 rings (SSSR count). The number of hydrogen-bond donors (Lipinski definition) is 3. The van der Waals surface area contributed by atoms with Gasteiger partial charge in [0.05, 0.1) is 17.6 Å². The van der Waals surface area contributed by atoms with Crippen LogP contribution in [-0.2, 0) is 0 Å². The van der Waals surface area contributed by atoms with Crippen molar-refractivity contribution in [3.8, 4) is 5.75 Å². The smallest absolute Gasteiger partial charge is 0.406 e. The van der Waals surface area contributed by atoms with Gasteiger partial charge >= 0.3 is 6.36 Å². The number of anilines is 3. The molecule has 9 nitrogen and oxygen atoms in total. The van der Waals surface area contributed by atoms with Gasteiger partial charge in [-0.2, -0.15) is 0 Å². The van der Waals surface area contributed by atoms with Gasteiger partial charge in [-0.3, -0.25) is 14.6 Å². The molecule has 13 heteroatoms. The maximum absolute atomic E-state index is 12.7. The zero-order valence-corrected chi connectivity index (χ0v) is 18.4. The Labute approximate surface area is 196 Å². The molecule has 1 saturated heterocycles. The molecular formula is C21H19F3N6O3S. The molecule has 1 aliphatic rings. The van der Waals surface area contributed by atoms with Crippen molar-refractivity contribution in [3.05, 3.63) is 58.8 Å². The van der Waals surface area contributed by atoms with Gasteiger partial charge in [-0.25, -0.2) is 4.98 Å². The van der Waals surface area contributed by atoms with Gasteiger partial charge in [-0.15, -0.1) is 24.5 Å². The quantitative estimate of drug-likeness (QED) is 0.484. The predicted octanol–water partition coefficient (Wildman–Crippen LogP) is 3.35. The third-order valence-electron chi connectivity index (χ3n) is 4.76. The fourth-order valence-electron chi connectivity index (χ4n) is 3.29. The molecule has 1 aliphatic heterocycles.